The molecule has 4 aromatic heterocycles. The average Bonchev–Trinajstić information content (AvgIpc) is 4.01. The van der Waals surface area contributed by atoms with E-state index >= 15 is 0 Å². The minimum Gasteiger partial charge on any atom is -0.300 e. The number of hydrogen-bond donors (Lipinski definition) is 0. The van der Waals surface area contributed by atoms with Crippen molar-refractivity contribution in [1.82, 2.24) is 28.7 Å². The highest BCUT2D eigenvalue weighted by Gasteiger charge is 2.35. The molecule has 6 aromatic carbocycles. The fraction of sp³-hybridized carbons (Fsp3) is 0.125. The Morgan fingerprint density at radius 1 is 0.597 bits per heavy atom. The maximum absolute atomic E-state index is 5.54. The normalized spacial score (nSPS) is 15.9. The molecule has 4 heterocycles. The lowest BCUT2D eigenvalue weighted by molar-refractivity contribution is 0.645. The van der Waals surface area contributed by atoms with E-state index in [4.69, 9.17) is 15.0 Å². The fourth-order valence-corrected chi connectivity index (χ4v) is 10.8. The van der Waals surface area contributed by atoms with Gasteiger partial charge in [0.05, 0.1) is 39.1 Å². The van der Waals surface area contributed by atoms with E-state index in [1.807, 2.05) is 0 Å². The minimum absolute atomic E-state index is 0.0562. The first-order chi connectivity index (χ1) is 30.5. The Morgan fingerprint density at radius 2 is 1.34 bits per heavy atom. The molecule has 0 fully saturated rings. The summed E-state index contributed by atoms with van der Waals surface area (Å²) in [5.74, 6) is 2.98. The molecule has 0 saturated heterocycles. The van der Waals surface area contributed by atoms with Gasteiger partial charge in [-0.05, 0) is 126 Å². The molecule has 3 aliphatic carbocycles. The average molecular weight is 799 g/mol. The third kappa shape index (κ3) is 5.07. The molecule has 0 bridgehead atoms. The zero-order valence-electron chi connectivity index (χ0n) is 34.6. The Kier molecular flexibility index (Phi) is 7.50. The quantitative estimate of drug-likeness (QED) is 0.174. The second kappa shape index (κ2) is 13.2. The molecule has 0 saturated carbocycles. The predicted molar refractivity (Wildman–Crippen MR) is 253 cm³/mol. The van der Waals surface area contributed by atoms with Gasteiger partial charge in [-0.25, -0.2) is 15.0 Å². The standard InChI is InChI=1S/C56H42N6/c1-56(2)43-21-10-9-20-39(43)42-34-52(57-47-25-15-22-44(56)53(42)47)62-48-30-28-35(54-58-45-23-11-13-26-50(45)60(54)37-16-5-3-6-17-37)32-40(48)41-33-36(29-31-49(41)62)55-59-46-24-12-14-27-51(46)61(55)38-18-7-4-8-19-38/h3-13,15-26,28-32,34,36H,14,27,33H2,1-2H3. The maximum atomic E-state index is 5.54. The van der Waals surface area contributed by atoms with Gasteiger partial charge >= 0.3 is 0 Å². The number of benzene rings is 6. The number of fused-ring (bicyclic) bond motifs is 7. The predicted octanol–water partition coefficient (Wildman–Crippen LogP) is 13.0. The Balaban J connectivity index is 1.06. The van der Waals surface area contributed by atoms with Crippen LogP contribution in [-0.4, -0.2) is 28.7 Å². The van der Waals surface area contributed by atoms with Crippen molar-refractivity contribution in [2.24, 2.45) is 0 Å². The van der Waals surface area contributed by atoms with Gasteiger partial charge in [-0.3, -0.25) is 13.7 Å². The molecule has 6 heteroatoms. The summed E-state index contributed by atoms with van der Waals surface area (Å²) >= 11 is 0. The summed E-state index contributed by atoms with van der Waals surface area (Å²) in [5, 5.41) is 2.44. The largest absolute Gasteiger partial charge is 0.300 e. The summed E-state index contributed by atoms with van der Waals surface area (Å²) in [7, 11) is 0. The lowest BCUT2D eigenvalue weighted by Gasteiger charge is -2.35. The lowest BCUT2D eigenvalue weighted by Crippen LogP contribution is -2.24. The van der Waals surface area contributed by atoms with Crippen molar-refractivity contribution >= 4 is 45.0 Å². The summed E-state index contributed by atoms with van der Waals surface area (Å²) in [5.41, 5.74) is 17.4. The van der Waals surface area contributed by atoms with Crippen LogP contribution in [0.5, 0.6) is 0 Å². The van der Waals surface area contributed by atoms with E-state index in [9.17, 15) is 0 Å². The van der Waals surface area contributed by atoms with E-state index in [2.05, 4.69) is 204 Å². The fourth-order valence-electron chi connectivity index (χ4n) is 10.8. The topological polar surface area (TPSA) is 53.5 Å². The van der Waals surface area contributed by atoms with Crippen LogP contribution in [0.15, 0.2) is 164 Å². The van der Waals surface area contributed by atoms with E-state index in [1.165, 1.54) is 44.3 Å². The van der Waals surface area contributed by atoms with E-state index in [-0.39, 0.29) is 11.3 Å². The van der Waals surface area contributed by atoms with Gasteiger partial charge in [-0.1, -0.05) is 111 Å². The van der Waals surface area contributed by atoms with Crippen molar-refractivity contribution in [3.8, 4) is 39.7 Å². The molecule has 13 rings (SSSR count). The maximum Gasteiger partial charge on any atom is 0.145 e. The van der Waals surface area contributed by atoms with Crippen LogP contribution in [0.2, 0.25) is 0 Å². The summed E-state index contributed by atoms with van der Waals surface area (Å²) in [6.45, 7) is 4.68. The molecule has 0 radical (unpaired) electrons. The summed E-state index contributed by atoms with van der Waals surface area (Å²) < 4.78 is 7.13. The second-order valence-electron chi connectivity index (χ2n) is 17.5. The highest BCUT2D eigenvalue weighted by atomic mass is 15.1. The second-order valence-corrected chi connectivity index (χ2v) is 17.5. The Hall–Kier alpha value is -7.57. The van der Waals surface area contributed by atoms with Crippen molar-refractivity contribution in [2.75, 3.05) is 0 Å². The lowest BCUT2D eigenvalue weighted by atomic mass is 9.69. The van der Waals surface area contributed by atoms with Crippen LogP contribution < -0.4 is 0 Å². The number of para-hydroxylation sites is 4. The highest BCUT2D eigenvalue weighted by Crippen LogP contribution is 2.49. The number of pyridine rings is 1. The van der Waals surface area contributed by atoms with Crippen LogP contribution in [0.25, 0.3) is 84.7 Å². The van der Waals surface area contributed by atoms with Crippen molar-refractivity contribution in [1.29, 1.82) is 0 Å². The number of hydrogen-bond acceptors (Lipinski definition) is 3. The molecule has 0 amide bonds. The van der Waals surface area contributed by atoms with Crippen molar-refractivity contribution in [2.45, 2.75) is 44.4 Å². The molecule has 10 aromatic rings. The number of allylic oxidation sites excluding steroid dienone is 2. The molecular formula is C56H42N6. The molecular weight excluding hydrogens is 757 g/mol. The number of imidazole rings is 2. The molecule has 0 aliphatic heterocycles. The van der Waals surface area contributed by atoms with Crippen LogP contribution >= 0.6 is 0 Å². The molecule has 62 heavy (non-hydrogen) atoms. The first-order valence-corrected chi connectivity index (χ1v) is 21.8. The molecule has 296 valence electrons. The minimum atomic E-state index is -0.142. The highest BCUT2D eigenvalue weighted by molar-refractivity contribution is 6.03. The zero-order valence-corrected chi connectivity index (χ0v) is 34.6. The number of nitrogens with zero attached hydrogens (tertiary/aromatic N) is 6. The number of rotatable bonds is 5. The molecule has 0 N–H and O–H groups in total. The van der Waals surface area contributed by atoms with Gasteiger partial charge in [0.15, 0.2) is 0 Å². The Bertz CT molecular complexity index is 3520. The van der Waals surface area contributed by atoms with E-state index in [1.54, 1.807) is 0 Å². The van der Waals surface area contributed by atoms with Gasteiger partial charge in [-0.15, -0.1) is 0 Å². The Labute approximate surface area is 359 Å². The molecule has 3 aliphatic rings. The first-order valence-electron chi connectivity index (χ1n) is 21.8. The molecule has 1 unspecified atom stereocenters. The van der Waals surface area contributed by atoms with Crippen LogP contribution in [0.1, 0.15) is 65.8 Å². The van der Waals surface area contributed by atoms with Gasteiger partial charge in [0.25, 0.3) is 0 Å². The third-order valence-electron chi connectivity index (χ3n) is 13.7. The van der Waals surface area contributed by atoms with Crippen molar-refractivity contribution < 1.29 is 0 Å². The monoisotopic (exact) mass is 798 g/mol. The van der Waals surface area contributed by atoms with Gasteiger partial charge in [0, 0.05) is 39.0 Å². The van der Waals surface area contributed by atoms with E-state index < -0.39 is 0 Å². The molecule has 6 nitrogen and oxygen atoms in total. The van der Waals surface area contributed by atoms with Crippen LogP contribution in [-0.2, 0) is 18.3 Å². The Morgan fingerprint density at radius 3 is 2.19 bits per heavy atom. The van der Waals surface area contributed by atoms with Crippen LogP contribution in [0, 0.1) is 0 Å². The van der Waals surface area contributed by atoms with Gasteiger partial charge in [0.2, 0.25) is 0 Å². The van der Waals surface area contributed by atoms with Crippen LogP contribution in [0.4, 0.5) is 0 Å². The summed E-state index contributed by atoms with van der Waals surface area (Å²) in [6.07, 6.45) is 12.0. The van der Waals surface area contributed by atoms with Crippen molar-refractivity contribution in [3.05, 3.63) is 203 Å². The zero-order chi connectivity index (χ0) is 41.1. The SMILES string of the molecule is CC1(C)c2ccccc2-c2cc(-n3c4c(c5cc(-c6nc7ccccc7n6-c6ccccc6)ccc53)CC(c3nc5c(n3-c3ccccc3)CCC=C5)C=C4)nc3cccc1c23. The smallest absolute Gasteiger partial charge is 0.145 e. The van der Waals surface area contributed by atoms with E-state index in [0.29, 0.717) is 0 Å². The summed E-state index contributed by atoms with van der Waals surface area (Å²) in [6, 6.07) is 54.6. The van der Waals surface area contributed by atoms with Gasteiger partial charge < -0.3 is 0 Å². The summed E-state index contributed by atoms with van der Waals surface area (Å²) in [4.78, 5) is 16.2. The van der Waals surface area contributed by atoms with Crippen molar-refractivity contribution in [3.63, 3.8) is 0 Å². The molecule has 1 atom stereocenters. The molecule has 0 spiro atoms. The van der Waals surface area contributed by atoms with E-state index in [0.717, 1.165) is 87.1 Å². The van der Waals surface area contributed by atoms with Gasteiger partial charge in [-0.2, -0.15) is 0 Å². The van der Waals surface area contributed by atoms with Crippen LogP contribution in [0.3, 0.4) is 0 Å². The third-order valence-corrected chi connectivity index (χ3v) is 13.7. The first kappa shape index (κ1) is 35.2. The number of aromatic nitrogens is 6. The van der Waals surface area contributed by atoms with Gasteiger partial charge in [0.1, 0.15) is 17.5 Å².